The molecule has 2 aromatic rings. The second-order valence-electron chi connectivity index (χ2n) is 5.80. The summed E-state index contributed by atoms with van der Waals surface area (Å²) in [4.78, 5) is 14.3. The topological polar surface area (TPSA) is 44.4 Å². The first-order valence-electron chi connectivity index (χ1n) is 8.54. The fourth-order valence-corrected chi connectivity index (χ4v) is 2.67. The molecule has 4 nitrogen and oxygen atoms in total. The molecule has 0 heterocycles. The Labute approximate surface area is 144 Å². The fraction of sp³-hybridized carbons (Fsp3) is 0.350. The van der Waals surface area contributed by atoms with Gasteiger partial charge in [-0.3, -0.25) is 4.79 Å². The van der Waals surface area contributed by atoms with Gasteiger partial charge in [0.05, 0.1) is 6.54 Å². The van der Waals surface area contributed by atoms with Crippen LogP contribution >= 0.6 is 0 Å². The standard InChI is InChI=1S/C20H27N3O/c1-4-23(5-2)19-12-10-18(11-13-19)22-20(24)15-21-14-17-9-7-6-8-16(17)3/h6-13,21H,4-5,14-15H2,1-3H3,(H,22,24). The lowest BCUT2D eigenvalue weighted by atomic mass is 10.1. The Morgan fingerprint density at radius 1 is 1.00 bits per heavy atom. The molecule has 0 spiro atoms. The number of nitrogens with zero attached hydrogens (tertiary/aromatic N) is 1. The number of benzene rings is 2. The third-order valence-corrected chi connectivity index (χ3v) is 4.14. The monoisotopic (exact) mass is 325 g/mol. The van der Waals surface area contributed by atoms with Gasteiger partial charge in [-0.1, -0.05) is 24.3 Å². The van der Waals surface area contributed by atoms with Crippen LogP contribution in [-0.4, -0.2) is 25.5 Å². The van der Waals surface area contributed by atoms with E-state index >= 15 is 0 Å². The van der Waals surface area contributed by atoms with E-state index in [9.17, 15) is 4.79 Å². The van der Waals surface area contributed by atoms with Crippen LogP contribution in [0.4, 0.5) is 11.4 Å². The largest absolute Gasteiger partial charge is 0.372 e. The highest BCUT2D eigenvalue weighted by Crippen LogP contribution is 2.17. The smallest absolute Gasteiger partial charge is 0.238 e. The maximum absolute atomic E-state index is 12.0. The van der Waals surface area contributed by atoms with Crippen molar-refractivity contribution < 1.29 is 4.79 Å². The zero-order valence-corrected chi connectivity index (χ0v) is 14.8. The van der Waals surface area contributed by atoms with Crippen molar-refractivity contribution in [2.75, 3.05) is 29.9 Å². The molecule has 0 radical (unpaired) electrons. The summed E-state index contributed by atoms with van der Waals surface area (Å²) in [5.41, 5.74) is 4.45. The minimum Gasteiger partial charge on any atom is -0.372 e. The average molecular weight is 325 g/mol. The van der Waals surface area contributed by atoms with Gasteiger partial charge in [-0.05, 0) is 56.2 Å². The quantitative estimate of drug-likeness (QED) is 0.780. The maximum atomic E-state index is 12.0. The van der Waals surface area contributed by atoms with Crippen LogP contribution in [-0.2, 0) is 11.3 Å². The highest BCUT2D eigenvalue weighted by Gasteiger charge is 2.05. The highest BCUT2D eigenvalue weighted by atomic mass is 16.1. The van der Waals surface area contributed by atoms with E-state index in [1.54, 1.807) is 0 Å². The minimum absolute atomic E-state index is 0.0285. The van der Waals surface area contributed by atoms with Gasteiger partial charge in [-0.2, -0.15) is 0 Å². The number of anilines is 2. The van der Waals surface area contributed by atoms with E-state index in [1.165, 1.54) is 16.8 Å². The number of hydrogen-bond acceptors (Lipinski definition) is 3. The number of rotatable bonds is 8. The van der Waals surface area contributed by atoms with Gasteiger partial charge in [-0.25, -0.2) is 0 Å². The van der Waals surface area contributed by atoms with E-state index in [4.69, 9.17) is 0 Å². The molecule has 0 aliphatic rings. The molecule has 2 aromatic carbocycles. The molecular weight excluding hydrogens is 298 g/mol. The summed E-state index contributed by atoms with van der Waals surface area (Å²) >= 11 is 0. The van der Waals surface area contributed by atoms with Crippen LogP contribution in [0.5, 0.6) is 0 Å². The van der Waals surface area contributed by atoms with E-state index < -0.39 is 0 Å². The van der Waals surface area contributed by atoms with Gasteiger partial charge >= 0.3 is 0 Å². The number of carbonyl (C=O) groups excluding carboxylic acids is 1. The van der Waals surface area contributed by atoms with Gasteiger partial charge in [0.2, 0.25) is 5.91 Å². The Hall–Kier alpha value is -2.33. The lowest BCUT2D eigenvalue weighted by Crippen LogP contribution is -2.28. The van der Waals surface area contributed by atoms with Crippen molar-refractivity contribution in [3.63, 3.8) is 0 Å². The van der Waals surface area contributed by atoms with Crippen LogP contribution < -0.4 is 15.5 Å². The van der Waals surface area contributed by atoms with Crippen LogP contribution in [0, 0.1) is 6.92 Å². The summed E-state index contributed by atoms with van der Waals surface area (Å²) in [5.74, 6) is -0.0285. The van der Waals surface area contributed by atoms with Gasteiger partial charge in [0.15, 0.2) is 0 Å². The Kier molecular flexibility index (Phi) is 6.82. The Morgan fingerprint density at radius 2 is 1.67 bits per heavy atom. The van der Waals surface area contributed by atoms with Gasteiger partial charge in [0.1, 0.15) is 0 Å². The molecular formula is C20H27N3O. The summed E-state index contributed by atoms with van der Waals surface area (Å²) in [7, 11) is 0. The van der Waals surface area contributed by atoms with Gasteiger partial charge in [0, 0.05) is 31.0 Å². The van der Waals surface area contributed by atoms with Crippen molar-refractivity contribution in [3.05, 3.63) is 59.7 Å². The Morgan fingerprint density at radius 3 is 2.29 bits per heavy atom. The van der Waals surface area contributed by atoms with E-state index in [0.717, 1.165) is 18.8 Å². The predicted octanol–water partition coefficient (Wildman–Crippen LogP) is 3.57. The predicted molar refractivity (Wildman–Crippen MR) is 102 cm³/mol. The molecule has 2 rings (SSSR count). The van der Waals surface area contributed by atoms with Crippen LogP contribution in [0.2, 0.25) is 0 Å². The number of aryl methyl sites for hydroxylation is 1. The number of carbonyl (C=O) groups is 1. The van der Waals surface area contributed by atoms with Crippen LogP contribution in [0.15, 0.2) is 48.5 Å². The molecule has 2 N–H and O–H groups in total. The van der Waals surface area contributed by atoms with Crippen molar-refractivity contribution in [1.82, 2.24) is 5.32 Å². The van der Waals surface area contributed by atoms with E-state index in [-0.39, 0.29) is 5.91 Å². The van der Waals surface area contributed by atoms with Gasteiger partial charge < -0.3 is 15.5 Å². The molecule has 0 saturated carbocycles. The van der Waals surface area contributed by atoms with Crippen molar-refractivity contribution in [3.8, 4) is 0 Å². The average Bonchev–Trinajstić information content (AvgIpc) is 2.59. The van der Waals surface area contributed by atoms with Gasteiger partial charge in [0.25, 0.3) is 0 Å². The number of hydrogen-bond donors (Lipinski definition) is 2. The molecule has 0 aliphatic heterocycles. The number of amides is 1. The summed E-state index contributed by atoms with van der Waals surface area (Å²) in [6.07, 6.45) is 0. The van der Waals surface area contributed by atoms with Crippen LogP contribution in [0.3, 0.4) is 0 Å². The molecule has 1 amide bonds. The Bertz CT molecular complexity index is 648. The highest BCUT2D eigenvalue weighted by molar-refractivity contribution is 5.92. The zero-order valence-electron chi connectivity index (χ0n) is 14.8. The van der Waals surface area contributed by atoms with Crippen molar-refractivity contribution >= 4 is 17.3 Å². The first-order chi connectivity index (χ1) is 11.6. The molecule has 24 heavy (non-hydrogen) atoms. The summed E-state index contributed by atoms with van der Waals surface area (Å²) < 4.78 is 0. The zero-order chi connectivity index (χ0) is 17.4. The second kappa shape index (κ2) is 9.08. The minimum atomic E-state index is -0.0285. The summed E-state index contributed by atoms with van der Waals surface area (Å²) in [6.45, 7) is 9.30. The van der Waals surface area contributed by atoms with Crippen molar-refractivity contribution in [2.24, 2.45) is 0 Å². The molecule has 0 fully saturated rings. The molecule has 4 heteroatoms. The van der Waals surface area contributed by atoms with E-state index in [0.29, 0.717) is 13.1 Å². The van der Waals surface area contributed by atoms with Crippen molar-refractivity contribution in [2.45, 2.75) is 27.3 Å². The molecule has 0 aromatic heterocycles. The molecule has 0 atom stereocenters. The normalized spacial score (nSPS) is 10.5. The molecule has 0 aliphatic carbocycles. The van der Waals surface area contributed by atoms with E-state index in [1.807, 2.05) is 36.4 Å². The van der Waals surface area contributed by atoms with Crippen molar-refractivity contribution in [1.29, 1.82) is 0 Å². The molecule has 0 bridgehead atoms. The second-order valence-corrected chi connectivity index (χ2v) is 5.80. The third-order valence-electron chi connectivity index (χ3n) is 4.14. The summed E-state index contributed by atoms with van der Waals surface area (Å²) in [6, 6.07) is 16.2. The molecule has 0 saturated heterocycles. The molecule has 128 valence electrons. The first-order valence-corrected chi connectivity index (χ1v) is 8.54. The molecule has 0 unspecified atom stereocenters. The first kappa shape index (κ1) is 18.0. The van der Waals surface area contributed by atoms with Crippen LogP contribution in [0.25, 0.3) is 0 Å². The lowest BCUT2D eigenvalue weighted by Gasteiger charge is -2.21. The maximum Gasteiger partial charge on any atom is 0.238 e. The van der Waals surface area contributed by atoms with E-state index in [2.05, 4.69) is 48.4 Å². The SMILES string of the molecule is CCN(CC)c1ccc(NC(=O)CNCc2ccccc2C)cc1. The summed E-state index contributed by atoms with van der Waals surface area (Å²) in [5, 5.41) is 6.12. The number of nitrogens with one attached hydrogen (secondary N) is 2. The fourth-order valence-electron chi connectivity index (χ4n) is 2.67. The Balaban J connectivity index is 1.81. The third kappa shape index (κ3) is 5.10. The van der Waals surface area contributed by atoms with Gasteiger partial charge in [-0.15, -0.1) is 0 Å². The van der Waals surface area contributed by atoms with Crippen LogP contribution in [0.1, 0.15) is 25.0 Å². The lowest BCUT2D eigenvalue weighted by molar-refractivity contribution is -0.115.